The molecule has 1 aliphatic rings. The van der Waals surface area contributed by atoms with Crippen LogP contribution in [0.4, 0.5) is 0 Å². The molecule has 1 atom stereocenters. The zero-order valence-electron chi connectivity index (χ0n) is 12.4. The van der Waals surface area contributed by atoms with Gasteiger partial charge in [0.1, 0.15) is 6.61 Å². The molecule has 0 fully saturated rings. The highest BCUT2D eigenvalue weighted by Gasteiger charge is 2.17. The summed E-state index contributed by atoms with van der Waals surface area (Å²) in [6, 6.07) is 10.0. The maximum absolute atomic E-state index is 5.36. The summed E-state index contributed by atoms with van der Waals surface area (Å²) in [6.45, 7) is 5.00. The third-order valence-corrected chi connectivity index (χ3v) is 3.98. The summed E-state index contributed by atoms with van der Waals surface area (Å²) in [6.07, 6.45) is 9.96. The van der Waals surface area contributed by atoms with E-state index in [1.807, 2.05) is 36.4 Å². The number of benzene rings is 1. The van der Waals surface area contributed by atoms with Gasteiger partial charge in [-0.25, -0.2) is 0 Å². The zero-order valence-corrected chi connectivity index (χ0v) is 12.4. The number of rotatable bonds is 7. The standard InChI is InChI=1S/C18H24O2/c1-3-16(4-2)17-10-12-18(13-11-17)20-19-14-15-8-6-5-7-9-15/h5-10,12-13,16-17H,3-4,11,14H2,1-2H3. The second-order valence-corrected chi connectivity index (χ2v) is 5.27. The third kappa shape index (κ3) is 4.24. The fraction of sp³-hybridized carbons (Fsp3) is 0.444. The molecule has 0 bridgehead atoms. The Kier molecular flexibility index (Phi) is 5.87. The van der Waals surface area contributed by atoms with Gasteiger partial charge in [-0.1, -0.05) is 63.1 Å². The van der Waals surface area contributed by atoms with Crippen molar-refractivity contribution in [3.63, 3.8) is 0 Å². The van der Waals surface area contributed by atoms with Crippen molar-refractivity contribution in [3.8, 4) is 0 Å². The van der Waals surface area contributed by atoms with E-state index in [0.717, 1.165) is 23.7 Å². The van der Waals surface area contributed by atoms with Crippen molar-refractivity contribution in [1.82, 2.24) is 0 Å². The Morgan fingerprint density at radius 2 is 1.90 bits per heavy atom. The lowest BCUT2D eigenvalue weighted by atomic mass is 9.83. The van der Waals surface area contributed by atoms with Gasteiger partial charge in [0.05, 0.1) is 0 Å². The van der Waals surface area contributed by atoms with Crippen LogP contribution in [0.25, 0.3) is 0 Å². The van der Waals surface area contributed by atoms with E-state index < -0.39 is 0 Å². The summed E-state index contributed by atoms with van der Waals surface area (Å²) < 4.78 is 0. The fourth-order valence-corrected chi connectivity index (χ4v) is 2.66. The van der Waals surface area contributed by atoms with Crippen LogP contribution in [0.15, 0.2) is 54.3 Å². The predicted molar refractivity (Wildman–Crippen MR) is 81.7 cm³/mol. The minimum absolute atomic E-state index is 0.474. The van der Waals surface area contributed by atoms with Gasteiger partial charge >= 0.3 is 0 Å². The first kappa shape index (κ1) is 14.9. The van der Waals surface area contributed by atoms with E-state index in [2.05, 4.69) is 26.0 Å². The first-order chi connectivity index (χ1) is 9.83. The molecule has 20 heavy (non-hydrogen) atoms. The molecular formula is C18H24O2. The average molecular weight is 272 g/mol. The van der Waals surface area contributed by atoms with Gasteiger partial charge in [0.2, 0.25) is 0 Å². The van der Waals surface area contributed by atoms with E-state index in [-0.39, 0.29) is 0 Å². The molecule has 2 heteroatoms. The Morgan fingerprint density at radius 1 is 1.15 bits per heavy atom. The van der Waals surface area contributed by atoms with Gasteiger partial charge in [0.15, 0.2) is 5.76 Å². The van der Waals surface area contributed by atoms with E-state index in [1.165, 1.54) is 12.8 Å². The molecule has 1 aliphatic carbocycles. The molecule has 0 saturated carbocycles. The minimum atomic E-state index is 0.474. The van der Waals surface area contributed by atoms with Gasteiger partial charge in [0.25, 0.3) is 0 Å². The number of hydrogen-bond acceptors (Lipinski definition) is 2. The zero-order chi connectivity index (χ0) is 14.2. The maximum atomic E-state index is 5.36. The van der Waals surface area contributed by atoms with Crippen LogP contribution in [-0.4, -0.2) is 0 Å². The third-order valence-electron chi connectivity index (χ3n) is 3.98. The topological polar surface area (TPSA) is 18.5 Å². The van der Waals surface area contributed by atoms with Crippen molar-refractivity contribution in [1.29, 1.82) is 0 Å². The van der Waals surface area contributed by atoms with Crippen molar-refractivity contribution < 1.29 is 9.78 Å². The van der Waals surface area contributed by atoms with E-state index in [1.54, 1.807) is 0 Å². The fourth-order valence-electron chi connectivity index (χ4n) is 2.66. The van der Waals surface area contributed by atoms with E-state index in [4.69, 9.17) is 9.78 Å². The molecule has 1 aromatic rings. The predicted octanol–water partition coefficient (Wildman–Crippen LogP) is 5.03. The highest BCUT2D eigenvalue weighted by atomic mass is 17.2. The summed E-state index contributed by atoms with van der Waals surface area (Å²) in [7, 11) is 0. The molecule has 1 aromatic carbocycles. The average Bonchev–Trinajstić information content (AvgIpc) is 2.51. The first-order valence-electron chi connectivity index (χ1n) is 7.55. The van der Waals surface area contributed by atoms with Gasteiger partial charge in [-0.05, 0) is 36.0 Å². The number of hydrogen-bond donors (Lipinski definition) is 0. The Bertz CT molecular complexity index is 444. The molecule has 2 rings (SSSR count). The van der Waals surface area contributed by atoms with Crippen LogP contribution in [0.5, 0.6) is 0 Å². The largest absolute Gasteiger partial charge is 0.338 e. The van der Waals surface area contributed by atoms with Crippen LogP contribution < -0.4 is 0 Å². The summed E-state index contributed by atoms with van der Waals surface area (Å²) in [5.74, 6) is 2.24. The molecule has 0 aromatic heterocycles. The van der Waals surface area contributed by atoms with Gasteiger partial charge in [0, 0.05) is 0 Å². The van der Waals surface area contributed by atoms with Crippen molar-refractivity contribution in [3.05, 3.63) is 59.9 Å². The summed E-state index contributed by atoms with van der Waals surface area (Å²) in [4.78, 5) is 10.6. The molecular weight excluding hydrogens is 248 g/mol. The molecule has 108 valence electrons. The smallest absolute Gasteiger partial charge is 0.161 e. The van der Waals surface area contributed by atoms with Gasteiger partial charge in [-0.2, -0.15) is 4.89 Å². The van der Waals surface area contributed by atoms with Crippen molar-refractivity contribution in [2.45, 2.75) is 39.7 Å². The SMILES string of the molecule is CCC(CC)C1C=CC(OOCc2ccccc2)=CC1. The van der Waals surface area contributed by atoms with Gasteiger partial charge in [-0.3, -0.25) is 0 Å². The van der Waals surface area contributed by atoms with Crippen LogP contribution in [0.3, 0.4) is 0 Å². The molecule has 0 radical (unpaired) electrons. The summed E-state index contributed by atoms with van der Waals surface area (Å²) >= 11 is 0. The van der Waals surface area contributed by atoms with Gasteiger partial charge in [-0.15, -0.1) is 0 Å². The molecule has 0 amide bonds. The molecule has 0 spiro atoms. The second kappa shape index (κ2) is 7.91. The highest BCUT2D eigenvalue weighted by Crippen LogP contribution is 2.28. The Morgan fingerprint density at radius 3 is 2.50 bits per heavy atom. The Labute approximate surface area is 122 Å². The van der Waals surface area contributed by atoms with Crippen LogP contribution in [-0.2, 0) is 16.4 Å². The Hall–Kier alpha value is -1.54. The van der Waals surface area contributed by atoms with Crippen LogP contribution in [0, 0.1) is 11.8 Å². The molecule has 2 nitrogen and oxygen atoms in total. The minimum Gasteiger partial charge on any atom is -0.338 e. The molecule has 0 aliphatic heterocycles. The van der Waals surface area contributed by atoms with Crippen LogP contribution in [0.2, 0.25) is 0 Å². The number of allylic oxidation sites excluding steroid dienone is 3. The first-order valence-corrected chi connectivity index (χ1v) is 7.55. The highest BCUT2D eigenvalue weighted by molar-refractivity contribution is 5.18. The van der Waals surface area contributed by atoms with Crippen molar-refractivity contribution >= 4 is 0 Å². The van der Waals surface area contributed by atoms with E-state index in [9.17, 15) is 0 Å². The van der Waals surface area contributed by atoms with Crippen molar-refractivity contribution in [2.24, 2.45) is 11.8 Å². The lowest BCUT2D eigenvalue weighted by Crippen LogP contribution is -2.13. The molecule has 0 N–H and O–H groups in total. The summed E-state index contributed by atoms with van der Waals surface area (Å²) in [5, 5.41) is 0. The maximum Gasteiger partial charge on any atom is 0.161 e. The molecule has 0 heterocycles. The van der Waals surface area contributed by atoms with E-state index >= 15 is 0 Å². The van der Waals surface area contributed by atoms with Crippen LogP contribution in [0.1, 0.15) is 38.7 Å². The molecule has 0 saturated heterocycles. The molecule has 1 unspecified atom stereocenters. The van der Waals surface area contributed by atoms with E-state index in [0.29, 0.717) is 12.5 Å². The lowest BCUT2D eigenvalue weighted by Gasteiger charge is -2.23. The van der Waals surface area contributed by atoms with Crippen LogP contribution >= 0.6 is 0 Å². The lowest BCUT2D eigenvalue weighted by molar-refractivity contribution is -0.268. The Balaban J connectivity index is 1.75. The summed E-state index contributed by atoms with van der Waals surface area (Å²) in [5.41, 5.74) is 1.11. The normalized spacial score (nSPS) is 18.1. The quantitative estimate of drug-likeness (QED) is 0.512. The van der Waals surface area contributed by atoms with Crippen molar-refractivity contribution in [2.75, 3.05) is 0 Å². The van der Waals surface area contributed by atoms with Gasteiger partial charge < -0.3 is 4.89 Å². The monoisotopic (exact) mass is 272 g/mol. The second-order valence-electron chi connectivity index (χ2n) is 5.27.